The van der Waals surface area contributed by atoms with Crippen molar-refractivity contribution in [1.29, 1.82) is 0 Å². The second-order valence-electron chi connectivity index (χ2n) is 9.19. The third kappa shape index (κ3) is 6.49. The highest BCUT2D eigenvalue weighted by molar-refractivity contribution is 7.92. The first-order valence-corrected chi connectivity index (χ1v) is 13.9. The van der Waals surface area contributed by atoms with Crippen LogP contribution in [-0.2, 0) is 14.6 Å². The first-order chi connectivity index (χ1) is 19.6. The number of benzene rings is 3. The van der Waals surface area contributed by atoms with Gasteiger partial charge in [0.15, 0.2) is 21.4 Å². The Balaban J connectivity index is 1.35. The Bertz CT molecular complexity index is 1710. The van der Waals surface area contributed by atoms with Gasteiger partial charge in [-0.3, -0.25) is 4.79 Å². The molecule has 0 aliphatic heterocycles. The Morgan fingerprint density at radius 1 is 0.951 bits per heavy atom. The van der Waals surface area contributed by atoms with Gasteiger partial charge >= 0.3 is 5.97 Å². The number of pyridine rings is 1. The van der Waals surface area contributed by atoms with E-state index in [1.165, 1.54) is 60.8 Å². The number of anilines is 1. The number of hydrogen-bond acceptors (Lipinski definition) is 7. The third-order valence-electron chi connectivity index (χ3n) is 6.16. The zero-order valence-electron chi connectivity index (χ0n) is 21.2. The van der Waals surface area contributed by atoms with E-state index in [9.17, 15) is 26.8 Å². The number of carbonyl (C=O) groups is 2. The number of halogens is 2. The van der Waals surface area contributed by atoms with Gasteiger partial charge < -0.3 is 19.9 Å². The maximum atomic E-state index is 14.4. The summed E-state index contributed by atoms with van der Waals surface area (Å²) in [5.74, 6) is -3.49. The van der Waals surface area contributed by atoms with Gasteiger partial charge in [0.25, 0.3) is 5.91 Å². The number of nitrogens with one attached hydrogen (secondary N) is 1. The fourth-order valence-electron chi connectivity index (χ4n) is 3.91. The van der Waals surface area contributed by atoms with Gasteiger partial charge in [0.1, 0.15) is 23.1 Å². The molecule has 4 aromatic rings. The van der Waals surface area contributed by atoms with Crippen LogP contribution in [0.5, 0.6) is 17.2 Å². The van der Waals surface area contributed by atoms with Crippen LogP contribution in [0.2, 0.25) is 0 Å². The molecule has 1 saturated carbocycles. The fraction of sp³-hybridized carbons (Fsp3) is 0.138. The standard InChI is InChI=1S/C29H22F2N2O7S/c30-19-6-12-25(24(31)15-19)40-27(17-4-8-22(9-5-17)41(37,38)23-10-11-23)28(34)33-26-13-7-21(16-32-26)39-20-3-1-2-18(14-20)29(35)36/h1-9,12-16,23,27H,10-11H2,(H,35,36)(H,32,33,34). The number of aromatic nitrogens is 1. The number of rotatable bonds is 10. The van der Waals surface area contributed by atoms with Crippen molar-refractivity contribution in [1.82, 2.24) is 4.98 Å². The summed E-state index contributed by atoms with van der Waals surface area (Å²) in [7, 11) is -3.47. The lowest BCUT2D eigenvalue weighted by Crippen LogP contribution is -2.26. The van der Waals surface area contributed by atoms with Gasteiger partial charge in [-0.05, 0) is 67.4 Å². The Labute approximate surface area is 233 Å². The van der Waals surface area contributed by atoms with Gasteiger partial charge in [-0.2, -0.15) is 0 Å². The van der Waals surface area contributed by atoms with Gasteiger partial charge in [-0.1, -0.05) is 18.2 Å². The molecule has 9 nitrogen and oxygen atoms in total. The summed E-state index contributed by atoms with van der Waals surface area (Å²) in [6.45, 7) is 0. The van der Waals surface area contributed by atoms with Crippen molar-refractivity contribution in [3.05, 3.63) is 108 Å². The lowest BCUT2D eigenvalue weighted by molar-refractivity contribution is -0.123. The van der Waals surface area contributed by atoms with Crippen LogP contribution in [0, 0.1) is 11.6 Å². The number of amides is 1. The third-order valence-corrected chi connectivity index (χ3v) is 8.43. The molecule has 1 unspecified atom stereocenters. The van der Waals surface area contributed by atoms with Crippen molar-refractivity contribution in [3.8, 4) is 17.2 Å². The number of carbonyl (C=O) groups excluding carboxylic acids is 1. The van der Waals surface area contributed by atoms with Crippen LogP contribution in [0.3, 0.4) is 0 Å². The van der Waals surface area contributed by atoms with Gasteiger partial charge in [0.2, 0.25) is 6.10 Å². The molecule has 1 amide bonds. The van der Waals surface area contributed by atoms with Crippen LogP contribution >= 0.6 is 0 Å². The number of nitrogens with zero attached hydrogens (tertiary/aromatic N) is 1. The number of carboxylic acids is 1. The highest BCUT2D eigenvalue weighted by Gasteiger charge is 2.37. The molecular formula is C29H22F2N2O7S. The zero-order valence-corrected chi connectivity index (χ0v) is 22.0. The molecule has 41 heavy (non-hydrogen) atoms. The summed E-state index contributed by atoms with van der Waals surface area (Å²) in [5.41, 5.74) is 0.264. The Morgan fingerprint density at radius 2 is 1.71 bits per heavy atom. The van der Waals surface area contributed by atoms with Crippen LogP contribution in [-0.4, -0.2) is 35.6 Å². The molecule has 3 aromatic carbocycles. The van der Waals surface area contributed by atoms with Crippen molar-refractivity contribution in [3.63, 3.8) is 0 Å². The minimum Gasteiger partial charge on any atom is -0.478 e. The van der Waals surface area contributed by atoms with E-state index in [4.69, 9.17) is 14.6 Å². The summed E-state index contributed by atoms with van der Waals surface area (Å²) in [5, 5.41) is 11.3. The molecule has 2 N–H and O–H groups in total. The molecule has 1 aliphatic carbocycles. The quantitative estimate of drug-likeness (QED) is 0.250. The van der Waals surface area contributed by atoms with E-state index in [0.717, 1.165) is 12.1 Å². The van der Waals surface area contributed by atoms with Crippen molar-refractivity contribution in [2.75, 3.05) is 5.32 Å². The van der Waals surface area contributed by atoms with Crippen LogP contribution in [0.1, 0.15) is 34.9 Å². The van der Waals surface area contributed by atoms with Crippen molar-refractivity contribution in [2.24, 2.45) is 0 Å². The maximum Gasteiger partial charge on any atom is 0.335 e. The summed E-state index contributed by atoms with van der Waals surface area (Å²) >= 11 is 0. The Hall–Kier alpha value is -4.84. The Kier molecular flexibility index (Phi) is 7.66. The molecule has 5 rings (SSSR count). The van der Waals surface area contributed by atoms with Gasteiger partial charge in [0, 0.05) is 11.6 Å². The summed E-state index contributed by atoms with van der Waals surface area (Å²) in [4.78, 5) is 28.7. The molecule has 0 spiro atoms. The predicted molar refractivity (Wildman–Crippen MR) is 143 cm³/mol. The van der Waals surface area contributed by atoms with Crippen LogP contribution in [0.15, 0.2) is 90.0 Å². The molecule has 1 aliphatic rings. The SMILES string of the molecule is O=C(O)c1cccc(Oc2ccc(NC(=O)C(Oc3ccc(F)cc3F)c3ccc(S(=O)(=O)C4CC4)cc3)nc2)c1. The van der Waals surface area contributed by atoms with E-state index in [2.05, 4.69) is 10.3 Å². The van der Waals surface area contributed by atoms with Crippen molar-refractivity contribution < 1.29 is 41.4 Å². The molecule has 1 heterocycles. The first-order valence-electron chi connectivity index (χ1n) is 12.3. The molecule has 1 fully saturated rings. The summed E-state index contributed by atoms with van der Waals surface area (Å²) in [6.07, 6.45) is 1.03. The highest BCUT2D eigenvalue weighted by Crippen LogP contribution is 2.34. The topological polar surface area (TPSA) is 132 Å². The second kappa shape index (κ2) is 11.3. The highest BCUT2D eigenvalue weighted by atomic mass is 32.2. The maximum absolute atomic E-state index is 14.4. The normalized spacial score (nSPS) is 13.7. The van der Waals surface area contributed by atoms with E-state index in [1.54, 1.807) is 6.07 Å². The average Bonchev–Trinajstić information content (AvgIpc) is 3.81. The number of hydrogen-bond donors (Lipinski definition) is 2. The molecule has 1 atom stereocenters. The van der Waals surface area contributed by atoms with Gasteiger partial charge in [-0.15, -0.1) is 0 Å². The number of sulfone groups is 1. The monoisotopic (exact) mass is 580 g/mol. The number of carboxylic acid groups (broad SMARTS) is 1. The van der Waals surface area contributed by atoms with Crippen LogP contribution < -0.4 is 14.8 Å². The van der Waals surface area contributed by atoms with E-state index in [-0.39, 0.29) is 39.1 Å². The molecule has 12 heteroatoms. The number of ether oxygens (including phenoxy) is 2. The molecule has 0 bridgehead atoms. The minimum absolute atomic E-state index is 0.0427. The summed E-state index contributed by atoms with van der Waals surface area (Å²) in [6, 6.07) is 16.9. The van der Waals surface area contributed by atoms with Crippen LogP contribution in [0.25, 0.3) is 0 Å². The largest absolute Gasteiger partial charge is 0.478 e. The first kappa shape index (κ1) is 27.7. The van der Waals surface area contributed by atoms with Crippen molar-refractivity contribution in [2.45, 2.75) is 29.1 Å². The molecule has 0 saturated heterocycles. The summed E-state index contributed by atoms with van der Waals surface area (Å²) < 4.78 is 64.2. The molecule has 1 aromatic heterocycles. The average molecular weight is 581 g/mol. The van der Waals surface area contributed by atoms with E-state index < -0.39 is 44.7 Å². The second-order valence-corrected chi connectivity index (χ2v) is 11.4. The lowest BCUT2D eigenvalue weighted by Gasteiger charge is -2.20. The smallest absolute Gasteiger partial charge is 0.335 e. The van der Waals surface area contributed by atoms with E-state index in [1.807, 2.05) is 0 Å². The fourth-order valence-corrected chi connectivity index (χ4v) is 5.57. The molecular weight excluding hydrogens is 558 g/mol. The van der Waals surface area contributed by atoms with E-state index >= 15 is 0 Å². The predicted octanol–water partition coefficient (Wildman–Crippen LogP) is 5.55. The van der Waals surface area contributed by atoms with Gasteiger partial charge in [-0.25, -0.2) is 27.0 Å². The lowest BCUT2D eigenvalue weighted by atomic mass is 10.1. The molecule has 210 valence electrons. The zero-order chi connectivity index (χ0) is 29.1. The van der Waals surface area contributed by atoms with Crippen LogP contribution in [0.4, 0.5) is 14.6 Å². The minimum atomic E-state index is -3.47. The molecule has 0 radical (unpaired) electrons. The van der Waals surface area contributed by atoms with Crippen molar-refractivity contribution >= 4 is 27.5 Å². The number of aromatic carboxylic acids is 1. The van der Waals surface area contributed by atoms with Gasteiger partial charge in [0.05, 0.1) is 21.9 Å². The van der Waals surface area contributed by atoms with E-state index in [0.29, 0.717) is 18.9 Å². The Morgan fingerprint density at radius 3 is 2.34 bits per heavy atom.